The summed E-state index contributed by atoms with van der Waals surface area (Å²) in [7, 11) is 3.51. The van der Waals surface area contributed by atoms with Crippen molar-refractivity contribution in [3.8, 4) is 5.75 Å². The van der Waals surface area contributed by atoms with Gasteiger partial charge in [-0.05, 0) is 25.1 Å². The second kappa shape index (κ2) is 5.73. The van der Waals surface area contributed by atoms with Crippen molar-refractivity contribution in [2.75, 3.05) is 19.5 Å². The molecule has 0 radical (unpaired) electrons. The van der Waals surface area contributed by atoms with Gasteiger partial charge >= 0.3 is 0 Å². The number of ether oxygens (including phenoxy) is 1. The molecule has 0 saturated carbocycles. The fraction of sp³-hybridized carbons (Fsp3) is 0.231. The monoisotopic (exact) mass is 261 g/mol. The summed E-state index contributed by atoms with van der Waals surface area (Å²) in [4.78, 5) is 9.76. The zero-order valence-corrected chi connectivity index (χ0v) is 11.4. The quantitative estimate of drug-likeness (QED) is 0.857. The maximum atomic E-state index is 5.20. The van der Waals surface area contributed by atoms with Gasteiger partial charge in [0.2, 0.25) is 0 Å². The highest BCUT2D eigenvalue weighted by molar-refractivity contribution is 7.99. The molecule has 94 valence electrons. The predicted octanol–water partition coefficient (Wildman–Crippen LogP) is 2.99. The van der Waals surface area contributed by atoms with Crippen LogP contribution in [0.4, 0.5) is 5.82 Å². The maximum Gasteiger partial charge on any atom is 0.130 e. The van der Waals surface area contributed by atoms with Crippen molar-refractivity contribution in [3.05, 3.63) is 36.2 Å². The number of hydrogen-bond acceptors (Lipinski definition) is 5. The van der Waals surface area contributed by atoms with Crippen LogP contribution in [0.1, 0.15) is 5.82 Å². The van der Waals surface area contributed by atoms with Crippen LogP contribution in [0.5, 0.6) is 5.75 Å². The molecule has 0 bridgehead atoms. The van der Waals surface area contributed by atoms with E-state index in [0.29, 0.717) is 0 Å². The first-order chi connectivity index (χ1) is 8.71. The number of nitrogens with zero attached hydrogens (tertiary/aromatic N) is 2. The fourth-order valence-corrected chi connectivity index (χ4v) is 2.42. The fourth-order valence-electron chi connectivity index (χ4n) is 1.51. The number of benzene rings is 1. The van der Waals surface area contributed by atoms with Crippen molar-refractivity contribution in [2.45, 2.75) is 16.8 Å². The van der Waals surface area contributed by atoms with Gasteiger partial charge in [-0.1, -0.05) is 17.8 Å². The lowest BCUT2D eigenvalue weighted by atomic mass is 10.3. The summed E-state index contributed by atoms with van der Waals surface area (Å²) in [5.74, 6) is 2.43. The van der Waals surface area contributed by atoms with Crippen LogP contribution in [0, 0.1) is 6.92 Å². The van der Waals surface area contributed by atoms with Crippen LogP contribution in [-0.2, 0) is 0 Å². The molecular weight excluding hydrogens is 246 g/mol. The van der Waals surface area contributed by atoms with Gasteiger partial charge in [-0.15, -0.1) is 0 Å². The minimum atomic E-state index is 0.757. The molecule has 1 aromatic carbocycles. The van der Waals surface area contributed by atoms with Crippen LogP contribution in [0.2, 0.25) is 0 Å². The molecule has 0 aliphatic carbocycles. The largest absolute Gasteiger partial charge is 0.497 e. The van der Waals surface area contributed by atoms with Crippen LogP contribution in [0.25, 0.3) is 0 Å². The molecular formula is C13H15N3OS. The zero-order valence-electron chi connectivity index (χ0n) is 10.6. The summed E-state index contributed by atoms with van der Waals surface area (Å²) in [6.07, 6.45) is 0. The summed E-state index contributed by atoms with van der Waals surface area (Å²) in [6.45, 7) is 1.89. The number of anilines is 1. The smallest absolute Gasteiger partial charge is 0.130 e. The average Bonchev–Trinajstić information content (AvgIpc) is 2.38. The summed E-state index contributed by atoms with van der Waals surface area (Å²) >= 11 is 1.59. The second-order valence-corrected chi connectivity index (χ2v) is 4.76. The van der Waals surface area contributed by atoms with Gasteiger partial charge in [0.1, 0.15) is 22.4 Å². The summed E-state index contributed by atoms with van der Waals surface area (Å²) in [6, 6.07) is 9.84. The Kier molecular flexibility index (Phi) is 4.04. The van der Waals surface area contributed by atoms with Crippen LogP contribution >= 0.6 is 11.8 Å². The van der Waals surface area contributed by atoms with Crippen LogP contribution < -0.4 is 10.1 Å². The first-order valence-electron chi connectivity index (χ1n) is 5.56. The number of nitrogens with one attached hydrogen (secondary N) is 1. The zero-order chi connectivity index (χ0) is 13.0. The molecule has 0 aliphatic rings. The Morgan fingerprint density at radius 1 is 1.22 bits per heavy atom. The lowest BCUT2D eigenvalue weighted by Gasteiger charge is -2.06. The Hall–Kier alpha value is -1.75. The van der Waals surface area contributed by atoms with E-state index in [2.05, 4.69) is 15.3 Å². The Morgan fingerprint density at radius 3 is 2.78 bits per heavy atom. The lowest BCUT2D eigenvalue weighted by molar-refractivity contribution is 0.413. The number of rotatable bonds is 4. The number of methoxy groups -OCH3 is 1. The van der Waals surface area contributed by atoms with Crippen molar-refractivity contribution >= 4 is 17.6 Å². The van der Waals surface area contributed by atoms with Crippen molar-refractivity contribution in [1.82, 2.24) is 9.97 Å². The standard InChI is InChI=1S/C13H15N3OS/c1-9-15-12(14-2)8-13(16-9)18-11-6-4-5-10(7-11)17-3/h4-8H,1-3H3,(H,14,15,16). The van der Waals surface area contributed by atoms with E-state index in [1.165, 1.54) is 0 Å². The van der Waals surface area contributed by atoms with E-state index in [4.69, 9.17) is 4.74 Å². The molecule has 0 fully saturated rings. The molecule has 1 aromatic heterocycles. The second-order valence-electron chi connectivity index (χ2n) is 3.67. The SMILES string of the molecule is CNc1cc(Sc2cccc(OC)c2)nc(C)n1. The molecule has 2 aromatic rings. The van der Waals surface area contributed by atoms with Crippen LogP contribution in [-0.4, -0.2) is 24.1 Å². The Morgan fingerprint density at radius 2 is 2.06 bits per heavy atom. The molecule has 1 heterocycles. The van der Waals surface area contributed by atoms with E-state index in [1.807, 2.05) is 44.3 Å². The molecule has 0 aliphatic heterocycles. The van der Waals surface area contributed by atoms with Crippen LogP contribution in [0.15, 0.2) is 40.3 Å². The van der Waals surface area contributed by atoms with Gasteiger partial charge in [0, 0.05) is 18.0 Å². The average molecular weight is 261 g/mol. The summed E-state index contributed by atoms with van der Waals surface area (Å²) < 4.78 is 5.20. The highest BCUT2D eigenvalue weighted by Gasteiger charge is 2.04. The number of aryl methyl sites for hydroxylation is 1. The van der Waals surface area contributed by atoms with E-state index >= 15 is 0 Å². The molecule has 0 amide bonds. The molecule has 0 saturated heterocycles. The third-order valence-corrected chi connectivity index (χ3v) is 3.24. The number of hydrogen-bond donors (Lipinski definition) is 1. The molecule has 5 heteroatoms. The molecule has 18 heavy (non-hydrogen) atoms. The maximum absolute atomic E-state index is 5.20. The highest BCUT2D eigenvalue weighted by atomic mass is 32.2. The minimum absolute atomic E-state index is 0.757. The van der Waals surface area contributed by atoms with E-state index in [0.717, 1.165) is 27.3 Å². The third-order valence-electron chi connectivity index (χ3n) is 2.33. The third kappa shape index (κ3) is 3.13. The Labute approximate surface area is 111 Å². The van der Waals surface area contributed by atoms with Gasteiger partial charge in [0.05, 0.1) is 7.11 Å². The van der Waals surface area contributed by atoms with E-state index < -0.39 is 0 Å². The van der Waals surface area contributed by atoms with Crippen molar-refractivity contribution < 1.29 is 4.74 Å². The molecule has 4 nitrogen and oxygen atoms in total. The van der Waals surface area contributed by atoms with Crippen molar-refractivity contribution in [2.24, 2.45) is 0 Å². The molecule has 0 spiro atoms. The summed E-state index contributed by atoms with van der Waals surface area (Å²) in [5, 5.41) is 3.94. The van der Waals surface area contributed by atoms with E-state index in [-0.39, 0.29) is 0 Å². The van der Waals surface area contributed by atoms with Gasteiger partial charge in [-0.2, -0.15) is 0 Å². The number of aromatic nitrogens is 2. The Bertz CT molecular complexity index is 546. The lowest BCUT2D eigenvalue weighted by Crippen LogP contribution is -1.97. The van der Waals surface area contributed by atoms with Gasteiger partial charge in [-0.3, -0.25) is 0 Å². The normalized spacial score (nSPS) is 10.2. The first-order valence-corrected chi connectivity index (χ1v) is 6.38. The van der Waals surface area contributed by atoms with Gasteiger partial charge in [-0.25, -0.2) is 9.97 Å². The van der Waals surface area contributed by atoms with Crippen molar-refractivity contribution in [3.63, 3.8) is 0 Å². The topological polar surface area (TPSA) is 47.0 Å². The van der Waals surface area contributed by atoms with Gasteiger partial charge < -0.3 is 10.1 Å². The van der Waals surface area contributed by atoms with E-state index in [9.17, 15) is 0 Å². The molecule has 2 rings (SSSR count). The molecule has 1 N–H and O–H groups in total. The van der Waals surface area contributed by atoms with Gasteiger partial charge in [0.25, 0.3) is 0 Å². The van der Waals surface area contributed by atoms with Crippen LogP contribution in [0.3, 0.4) is 0 Å². The summed E-state index contributed by atoms with van der Waals surface area (Å²) in [5.41, 5.74) is 0. The predicted molar refractivity (Wildman–Crippen MR) is 73.4 cm³/mol. The van der Waals surface area contributed by atoms with Crippen molar-refractivity contribution in [1.29, 1.82) is 0 Å². The van der Waals surface area contributed by atoms with Gasteiger partial charge in [0.15, 0.2) is 0 Å². The molecule has 0 unspecified atom stereocenters. The molecule has 0 atom stereocenters. The minimum Gasteiger partial charge on any atom is -0.497 e. The highest BCUT2D eigenvalue weighted by Crippen LogP contribution is 2.29. The van der Waals surface area contributed by atoms with E-state index in [1.54, 1.807) is 18.9 Å². The Balaban J connectivity index is 2.24. The first kappa shape index (κ1) is 12.7.